The zero-order chi connectivity index (χ0) is 12.1. The molecule has 0 spiro atoms. The number of ketones is 1. The van der Waals surface area contributed by atoms with Crippen molar-refractivity contribution in [2.24, 2.45) is 5.73 Å². The Balaban J connectivity index is 2.12. The van der Waals surface area contributed by atoms with Crippen LogP contribution >= 0.6 is 0 Å². The number of Topliss-reactive ketones (excluding diaryl/α,β-unsaturated/α-hetero) is 1. The molecule has 1 aromatic heterocycles. The van der Waals surface area contributed by atoms with Crippen molar-refractivity contribution in [1.82, 2.24) is 9.97 Å². The van der Waals surface area contributed by atoms with Crippen LogP contribution in [0.2, 0.25) is 0 Å². The molecule has 2 rings (SSSR count). The molecule has 0 aliphatic rings. The summed E-state index contributed by atoms with van der Waals surface area (Å²) in [6.07, 6.45) is 2.57. The zero-order valence-corrected chi connectivity index (χ0v) is 9.52. The lowest BCUT2D eigenvalue weighted by molar-refractivity contribution is 0.0988. The number of H-pyrrole nitrogens is 1. The predicted molar refractivity (Wildman–Crippen MR) is 65.8 cm³/mol. The van der Waals surface area contributed by atoms with E-state index in [1.807, 2.05) is 30.3 Å². The highest BCUT2D eigenvalue weighted by atomic mass is 16.1. The highest BCUT2D eigenvalue weighted by Crippen LogP contribution is 2.09. The number of nitrogens with zero attached hydrogens (tertiary/aromatic N) is 1. The number of aromatic nitrogens is 2. The number of hydrogen-bond acceptors (Lipinski definition) is 3. The van der Waals surface area contributed by atoms with Gasteiger partial charge < -0.3 is 10.7 Å². The Morgan fingerprint density at radius 1 is 1.29 bits per heavy atom. The molecule has 1 aromatic carbocycles. The molecule has 0 amide bonds. The second-order valence-corrected chi connectivity index (χ2v) is 3.85. The van der Waals surface area contributed by atoms with Crippen molar-refractivity contribution in [2.75, 3.05) is 6.54 Å². The monoisotopic (exact) mass is 229 g/mol. The van der Waals surface area contributed by atoms with Crippen LogP contribution in [0.4, 0.5) is 0 Å². The molecule has 0 aliphatic heterocycles. The van der Waals surface area contributed by atoms with Gasteiger partial charge >= 0.3 is 0 Å². The number of hydrogen-bond donors (Lipinski definition) is 2. The quantitative estimate of drug-likeness (QED) is 0.760. The highest BCUT2D eigenvalue weighted by molar-refractivity contribution is 5.96. The van der Waals surface area contributed by atoms with Gasteiger partial charge in [-0.05, 0) is 12.1 Å². The van der Waals surface area contributed by atoms with Crippen molar-refractivity contribution < 1.29 is 4.79 Å². The Morgan fingerprint density at radius 3 is 2.76 bits per heavy atom. The van der Waals surface area contributed by atoms with Crippen molar-refractivity contribution in [2.45, 2.75) is 12.8 Å². The van der Waals surface area contributed by atoms with Gasteiger partial charge in [-0.1, -0.05) is 30.3 Å². The van der Waals surface area contributed by atoms with E-state index >= 15 is 0 Å². The lowest BCUT2D eigenvalue weighted by Gasteiger charge is -2.01. The molecule has 0 aliphatic carbocycles. The summed E-state index contributed by atoms with van der Waals surface area (Å²) in [6.45, 7) is 0.508. The molecule has 0 saturated heterocycles. The van der Waals surface area contributed by atoms with E-state index in [0.717, 1.165) is 11.3 Å². The van der Waals surface area contributed by atoms with Gasteiger partial charge in [0.15, 0.2) is 5.78 Å². The molecule has 4 heteroatoms. The first-order valence-corrected chi connectivity index (χ1v) is 5.60. The molecular weight excluding hydrogens is 214 g/mol. The number of aromatic amines is 1. The van der Waals surface area contributed by atoms with Gasteiger partial charge in [0, 0.05) is 18.5 Å². The van der Waals surface area contributed by atoms with E-state index in [9.17, 15) is 4.79 Å². The Morgan fingerprint density at radius 2 is 2.06 bits per heavy atom. The average molecular weight is 229 g/mol. The fourth-order valence-electron chi connectivity index (χ4n) is 1.76. The molecule has 17 heavy (non-hydrogen) atoms. The van der Waals surface area contributed by atoms with E-state index in [1.165, 1.54) is 0 Å². The first kappa shape index (κ1) is 11.5. The number of nitrogens with two attached hydrogens (primary N) is 1. The number of carbonyl (C=O) groups is 1. The Kier molecular flexibility index (Phi) is 3.67. The zero-order valence-electron chi connectivity index (χ0n) is 9.52. The second-order valence-electron chi connectivity index (χ2n) is 3.85. The fourth-order valence-corrected chi connectivity index (χ4v) is 1.76. The lowest BCUT2D eigenvalue weighted by Crippen LogP contribution is -2.10. The van der Waals surface area contributed by atoms with E-state index in [4.69, 9.17) is 5.73 Å². The van der Waals surface area contributed by atoms with Gasteiger partial charge in [0.1, 0.15) is 5.69 Å². The number of benzene rings is 1. The van der Waals surface area contributed by atoms with Crippen molar-refractivity contribution in [3.8, 4) is 0 Å². The maximum absolute atomic E-state index is 12.0. The Bertz CT molecular complexity index is 490. The van der Waals surface area contributed by atoms with Crippen LogP contribution in [0.1, 0.15) is 21.7 Å². The number of nitrogens with one attached hydrogen (secondary N) is 1. The normalized spacial score (nSPS) is 10.4. The third kappa shape index (κ3) is 2.79. The number of rotatable bonds is 5. The van der Waals surface area contributed by atoms with Gasteiger partial charge in [0.25, 0.3) is 0 Å². The predicted octanol–water partition coefficient (Wildman–Crippen LogP) is 1.34. The first-order chi connectivity index (χ1) is 8.31. The van der Waals surface area contributed by atoms with Crippen LogP contribution in [0.25, 0.3) is 0 Å². The van der Waals surface area contributed by atoms with E-state index in [-0.39, 0.29) is 5.78 Å². The molecule has 0 saturated carbocycles. The van der Waals surface area contributed by atoms with Crippen LogP contribution in [-0.4, -0.2) is 22.3 Å². The van der Waals surface area contributed by atoms with Gasteiger partial charge in [-0.3, -0.25) is 4.79 Å². The third-order valence-corrected chi connectivity index (χ3v) is 2.58. The van der Waals surface area contributed by atoms with Crippen molar-refractivity contribution >= 4 is 5.78 Å². The minimum atomic E-state index is 0.0286. The fraction of sp³-hybridized carbons (Fsp3) is 0.231. The van der Waals surface area contributed by atoms with Crippen LogP contribution in [0, 0.1) is 0 Å². The standard InChI is InChI=1S/C13H15N3O/c14-7-6-11-13(16-9-15-11)12(17)8-10-4-2-1-3-5-10/h1-5,9H,6-8,14H2,(H,15,16). The van der Waals surface area contributed by atoms with Crippen molar-refractivity contribution in [1.29, 1.82) is 0 Å². The van der Waals surface area contributed by atoms with E-state index < -0.39 is 0 Å². The lowest BCUT2D eigenvalue weighted by atomic mass is 10.1. The van der Waals surface area contributed by atoms with Crippen LogP contribution in [-0.2, 0) is 12.8 Å². The summed E-state index contributed by atoms with van der Waals surface area (Å²) >= 11 is 0. The van der Waals surface area contributed by atoms with E-state index in [2.05, 4.69) is 9.97 Å². The third-order valence-electron chi connectivity index (χ3n) is 2.58. The average Bonchev–Trinajstić information content (AvgIpc) is 2.79. The van der Waals surface area contributed by atoms with Gasteiger partial charge in [0.05, 0.1) is 6.33 Å². The first-order valence-electron chi connectivity index (χ1n) is 5.60. The van der Waals surface area contributed by atoms with Crippen molar-refractivity contribution in [3.05, 3.63) is 53.6 Å². The van der Waals surface area contributed by atoms with Gasteiger partial charge in [-0.15, -0.1) is 0 Å². The summed E-state index contributed by atoms with van der Waals surface area (Å²) < 4.78 is 0. The van der Waals surface area contributed by atoms with Crippen molar-refractivity contribution in [3.63, 3.8) is 0 Å². The molecule has 0 atom stereocenters. The summed E-state index contributed by atoms with van der Waals surface area (Å²) in [5, 5.41) is 0. The molecular formula is C13H15N3O. The summed E-state index contributed by atoms with van der Waals surface area (Å²) in [5.74, 6) is 0.0286. The molecule has 2 aromatic rings. The number of carbonyl (C=O) groups excluding carboxylic acids is 1. The van der Waals surface area contributed by atoms with Gasteiger partial charge in [-0.2, -0.15) is 0 Å². The van der Waals surface area contributed by atoms with E-state index in [0.29, 0.717) is 25.1 Å². The summed E-state index contributed by atoms with van der Waals surface area (Å²) in [5.41, 5.74) is 7.82. The molecule has 88 valence electrons. The molecule has 0 unspecified atom stereocenters. The van der Waals surface area contributed by atoms with Crippen LogP contribution in [0.15, 0.2) is 36.7 Å². The minimum Gasteiger partial charge on any atom is -0.348 e. The Labute approximate surface area is 99.9 Å². The minimum absolute atomic E-state index is 0.0286. The highest BCUT2D eigenvalue weighted by Gasteiger charge is 2.14. The molecule has 0 bridgehead atoms. The maximum Gasteiger partial charge on any atom is 0.187 e. The van der Waals surface area contributed by atoms with Crippen LogP contribution < -0.4 is 5.73 Å². The summed E-state index contributed by atoms with van der Waals surface area (Å²) in [7, 11) is 0. The maximum atomic E-state index is 12.0. The number of imidazole rings is 1. The Hall–Kier alpha value is -1.94. The topological polar surface area (TPSA) is 71.8 Å². The smallest absolute Gasteiger partial charge is 0.187 e. The molecule has 3 N–H and O–H groups in total. The molecule has 0 radical (unpaired) electrons. The largest absolute Gasteiger partial charge is 0.348 e. The SMILES string of the molecule is NCCc1[nH]cnc1C(=O)Cc1ccccc1. The van der Waals surface area contributed by atoms with Gasteiger partial charge in [0.2, 0.25) is 0 Å². The summed E-state index contributed by atoms with van der Waals surface area (Å²) in [6, 6.07) is 9.66. The van der Waals surface area contributed by atoms with Gasteiger partial charge in [-0.25, -0.2) is 4.98 Å². The van der Waals surface area contributed by atoms with Crippen LogP contribution in [0.5, 0.6) is 0 Å². The summed E-state index contributed by atoms with van der Waals surface area (Å²) in [4.78, 5) is 19.1. The van der Waals surface area contributed by atoms with E-state index in [1.54, 1.807) is 6.33 Å². The second kappa shape index (κ2) is 5.41. The van der Waals surface area contributed by atoms with Crippen LogP contribution in [0.3, 0.4) is 0 Å². The molecule has 0 fully saturated rings. The molecule has 1 heterocycles. The molecule has 4 nitrogen and oxygen atoms in total.